The van der Waals surface area contributed by atoms with Gasteiger partial charge in [0.2, 0.25) is 15.0 Å². The molecular weight excluding hydrogens is 314 g/mol. The van der Waals surface area contributed by atoms with Gasteiger partial charge in [0, 0.05) is 26.2 Å². The Balaban J connectivity index is 3.09. The van der Waals surface area contributed by atoms with E-state index < -0.39 is 9.84 Å². The third-order valence-corrected chi connectivity index (χ3v) is 5.61. The summed E-state index contributed by atoms with van der Waals surface area (Å²) in [4.78, 5) is 6.38. The van der Waals surface area contributed by atoms with Gasteiger partial charge in [0.15, 0.2) is 0 Å². The third kappa shape index (κ3) is 5.90. The second-order valence-corrected chi connectivity index (χ2v) is 8.69. The molecule has 0 aliphatic rings. The maximum absolute atomic E-state index is 12.6. The van der Waals surface area contributed by atoms with Crippen molar-refractivity contribution < 1.29 is 13.2 Å². The first-order valence-electron chi connectivity index (χ1n) is 8.15. The van der Waals surface area contributed by atoms with Crippen molar-refractivity contribution in [3.8, 4) is 0 Å². The molecule has 0 amide bonds. The Labute approximate surface area is 140 Å². The van der Waals surface area contributed by atoms with Crippen LogP contribution in [0.15, 0.2) is 11.4 Å². The zero-order valence-electron chi connectivity index (χ0n) is 15.2. The lowest BCUT2D eigenvalue weighted by Crippen LogP contribution is -2.27. The van der Waals surface area contributed by atoms with Crippen LogP contribution in [-0.2, 0) is 27.7 Å². The molecule has 0 atom stereocenters. The standard InChI is InChI=1S/C16H31N3O3S/c1-13(2)7-10-23(20,21)16-17-11-15(12-18(5)14(3)4)19(16)8-9-22-6/h11,13-14H,7-10,12H2,1-6H3. The third-order valence-electron chi connectivity index (χ3n) is 3.96. The minimum Gasteiger partial charge on any atom is -0.383 e. The fraction of sp³-hybridized carbons (Fsp3) is 0.812. The normalized spacial score (nSPS) is 12.7. The minimum absolute atomic E-state index is 0.133. The van der Waals surface area contributed by atoms with Gasteiger partial charge in [-0.15, -0.1) is 0 Å². The van der Waals surface area contributed by atoms with Crippen LogP contribution in [0, 0.1) is 5.92 Å². The Morgan fingerprint density at radius 1 is 1.30 bits per heavy atom. The molecule has 0 aromatic carbocycles. The molecule has 0 fully saturated rings. The predicted octanol–water partition coefficient (Wildman–Crippen LogP) is 2.19. The number of aromatic nitrogens is 2. The summed E-state index contributed by atoms with van der Waals surface area (Å²) in [7, 11) is 0.260. The van der Waals surface area contributed by atoms with E-state index in [0.717, 1.165) is 5.69 Å². The topological polar surface area (TPSA) is 64.4 Å². The molecule has 0 N–H and O–H groups in total. The molecule has 0 aliphatic heterocycles. The molecule has 23 heavy (non-hydrogen) atoms. The number of hydrogen-bond acceptors (Lipinski definition) is 5. The Bertz CT molecular complexity index is 579. The molecule has 0 spiro atoms. The zero-order valence-corrected chi connectivity index (χ0v) is 16.1. The fourth-order valence-electron chi connectivity index (χ4n) is 2.11. The largest absolute Gasteiger partial charge is 0.383 e. The average molecular weight is 346 g/mol. The molecule has 0 bridgehead atoms. The van der Waals surface area contributed by atoms with Gasteiger partial charge in [0.25, 0.3) is 0 Å². The molecule has 0 saturated heterocycles. The van der Waals surface area contributed by atoms with Crippen LogP contribution in [0.3, 0.4) is 0 Å². The van der Waals surface area contributed by atoms with Gasteiger partial charge in [-0.05, 0) is 33.2 Å². The molecular formula is C16H31N3O3S. The number of imidazole rings is 1. The second kappa shape index (κ2) is 8.80. The summed E-state index contributed by atoms with van der Waals surface area (Å²) in [5.41, 5.74) is 0.904. The molecule has 1 heterocycles. The molecule has 1 aromatic heterocycles. The van der Waals surface area contributed by atoms with Crippen LogP contribution in [0.5, 0.6) is 0 Å². The van der Waals surface area contributed by atoms with E-state index >= 15 is 0 Å². The van der Waals surface area contributed by atoms with Gasteiger partial charge in [-0.3, -0.25) is 4.90 Å². The summed E-state index contributed by atoms with van der Waals surface area (Å²) in [6, 6.07) is 0.377. The summed E-state index contributed by atoms with van der Waals surface area (Å²) in [6.07, 6.45) is 2.32. The Kier molecular flexibility index (Phi) is 7.70. The lowest BCUT2D eigenvalue weighted by atomic mass is 10.2. The van der Waals surface area contributed by atoms with Gasteiger partial charge in [-0.2, -0.15) is 0 Å². The monoisotopic (exact) mass is 345 g/mol. The van der Waals surface area contributed by atoms with E-state index in [9.17, 15) is 8.42 Å². The van der Waals surface area contributed by atoms with Crippen molar-refractivity contribution in [2.24, 2.45) is 5.92 Å². The zero-order chi connectivity index (χ0) is 17.6. The van der Waals surface area contributed by atoms with Crippen LogP contribution in [-0.4, -0.2) is 55.4 Å². The molecule has 1 rings (SSSR count). The van der Waals surface area contributed by atoms with Gasteiger partial charge in [-0.1, -0.05) is 13.8 Å². The molecule has 6 nitrogen and oxygen atoms in total. The van der Waals surface area contributed by atoms with Crippen molar-refractivity contribution in [2.75, 3.05) is 26.5 Å². The van der Waals surface area contributed by atoms with Gasteiger partial charge >= 0.3 is 0 Å². The second-order valence-electron chi connectivity index (χ2n) is 6.69. The van der Waals surface area contributed by atoms with Crippen LogP contribution < -0.4 is 0 Å². The highest BCUT2D eigenvalue weighted by molar-refractivity contribution is 7.91. The first-order valence-corrected chi connectivity index (χ1v) is 9.80. The number of ether oxygens (including phenoxy) is 1. The molecule has 7 heteroatoms. The summed E-state index contributed by atoms with van der Waals surface area (Å²) < 4.78 is 32.2. The van der Waals surface area contributed by atoms with Crippen molar-refractivity contribution in [3.05, 3.63) is 11.9 Å². The molecule has 1 aromatic rings. The van der Waals surface area contributed by atoms with Crippen molar-refractivity contribution in [2.45, 2.75) is 58.4 Å². The van der Waals surface area contributed by atoms with Crippen LogP contribution >= 0.6 is 0 Å². The lowest BCUT2D eigenvalue weighted by molar-refractivity contribution is 0.181. The Hall–Kier alpha value is -0.920. The summed E-state index contributed by atoms with van der Waals surface area (Å²) >= 11 is 0. The average Bonchev–Trinajstić information content (AvgIpc) is 2.86. The van der Waals surface area contributed by atoms with E-state index in [2.05, 4.69) is 23.7 Å². The van der Waals surface area contributed by atoms with Crippen LogP contribution in [0.4, 0.5) is 0 Å². The van der Waals surface area contributed by atoms with Crippen molar-refractivity contribution in [3.63, 3.8) is 0 Å². The van der Waals surface area contributed by atoms with Crippen molar-refractivity contribution in [1.82, 2.24) is 14.5 Å². The maximum Gasteiger partial charge on any atom is 0.227 e. The summed E-state index contributed by atoms with van der Waals surface area (Å²) in [5, 5.41) is 0.169. The summed E-state index contributed by atoms with van der Waals surface area (Å²) in [5.74, 6) is 0.479. The highest BCUT2D eigenvalue weighted by atomic mass is 32.2. The number of hydrogen-bond donors (Lipinski definition) is 0. The summed E-state index contributed by atoms with van der Waals surface area (Å²) in [6.45, 7) is 9.88. The molecule has 0 saturated carbocycles. The predicted molar refractivity (Wildman–Crippen MR) is 92.2 cm³/mol. The Morgan fingerprint density at radius 3 is 2.48 bits per heavy atom. The van der Waals surface area contributed by atoms with Crippen molar-refractivity contribution in [1.29, 1.82) is 0 Å². The SMILES string of the molecule is COCCn1c(CN(C)C(C)C)cnc1S(=O)(=O)CCC(C)C. The number of sulfone groups is 1. The van der Waals surface area contributed by atoms with Gasteiger partial charge in [0.1, 0.15) is 0 Å². The quantitative estimate of drug-likeness (QED) is 0.650. The van der Waals surface area contributed by atoms with Crippen LogP contribution in [0.2, 0.25) is 0 Å². The molecule has 0 unspecified atom stereocenters. The highest BCUT2D eigenvalue weighted by Gasteiger charge is 2.24. The number of nitrogens with zero attached hydrogens (tertiary/aromatic N) is 3. The van der Waals surface area contributed by atoms with Gasteiger partial charge < -0.3 is 9.30 Å². The highest BCUT2D eigenvalue weighted by Crippen LogP contribution is 2.17. The van der Waals surface area contributed by atoms with Gasteiger partial charge in [0.05, 0.1) is 24.3 Å². The van der Waals surface area contributed by atoms with E-state index in [1.807, 2.05) is 20.9 Å². The van der Waals surface area contributed by atoms with Crippen molar-refractivity contribution >= 4 is 9.84 Å². The smallest absolute Gasteiger partial charge is 0.227 e. The van der Waals surface area contributed by atoms with E-state index in [1.165, 1.54) is 0 Å². The maximum atomic E-state index is 12.6. The Morgan fingerprint density at radius 2 is 1.96 bits per heavy atom. The number of methoxy groups -OCH3 is 1. The van der Waals surface area contributed by atoms with E-state index in [4.69, 9.17) is 4.74 Å². The van der Waals surface area contributed by atoms with Crippen LogP contribution in [0.25, 0.3) is 0 Å². The van der Waals surface area contributed by atoms with E-state index in [0.29, 0.717) is 38.1 Å². The first kappa shape index (κ1) is 20.1. The molecule has 0 radical (unpaired) electrons. The van der Waals surface area contributed by atoms with Gasteiger partial charge in [-0.25, -0.2) is 13.4 Å². The minimum atomic E-state index is -3.37. The molecule has 134 valence electrons. The van der Waals surface area contributed by atoms with E-state index in [1.54, 1.807) is 17.9 Å². The van der Waals surface area contributed by atoms with Crippen LogP contribution in [0.1, 0.15) is 39.8 Å². The molecule has 0 aliphatic carbocycles. The number of rotatable bonds is 10. The lowest BCUT2D eigenvalue weighted by Gasteiger charge is -2.22. The van der Waals surface area contributed by atoms with E-state index in [-0.39, 0.29) is 10.9 Å². The first-order chi connectivity index (χ1) is 10.7. The fourth-order valence-corrected chi connectivity index (χ4v) is 3.83.